The van der Waals surface area contributed by atoms with Crippen molar-refractivity contribution in [2.24, 2.45) is 0 Å². The fraction of sp³-hybridized carbons (Fsp3) is 0.400. The van der Waals surface area contributed by atoms with E-state index < -0.39 is 8.07 Å². The van der Waals surface area contributed by atoms with Gasteiger partial charge in [-0.05, 0) is 30.1 Å². The van der Waals surface area contributed by atoms with Gasteiger partial charge in [-0.1, -0.05) is 80.3 Å². The van der Waals surface area contributed by atoms with Gasteiger partial charge in [-0.25, -0.2) is 0 Å². The quantitative estimate of drug-likeness (QED) is 0.641. The zero-order valence-electron chi connectivity index (χ0n) is 14.3. The lowest BCUT2D eigenvalue weighted by atomic mass is 10.1. The van der Waals surface area contributed by atoms with Crippen molar-refractivity contribution in [3.63, 3.8) is 0 Å². The lowest BCUT2D eigenvalue weighted by molar-refractivity contribution is 0.320. The van der Waals surface area contributed by atoms with Gasteiger partial charge in [0.05, 0.1) is 8.07 Å². The first-order valence-corrected chi connectivity index (χ1v) is 12.0. The maximum absolute atomic E-state index is 2.67. The maximum atomic E-state index is 2.67. The monoisotopic (exact) mass is 311 g/mol. The number of hydrogen-bond donors (Lipinski definition) is 0. The lowest BCUT2D eigenvalue weighted by Gasteiger charge is -2.29. The summed E-state index contributed by atoms with van der Waals surface area (Å²) in [5, 5.41) is 0. The van der Waals surface area contributed by atoms with E-state index in [1.807, 2.05) is 0 Å². The molecule has 0 unspecified atom stereocenters. The molecule has 22 heavy (non-hydrogen) atoms. The maximum Gasteiger partial charge on any atom is 0.0599 e. The second-order valence-corrected chi connectivity index (χ2v) is 12.7. The highest BCUT2D eigenvalue weighted by Crippen LogP contribution is 2.09. The van der Waals surface area contributed by atoms with E-state index in [4.69, 9.17) is 0 Å². The Morgan fingerprint density at radius 1 is 0.682 bits per heavy atom. The highest BCUT2D eigenvalue weighted by molar-refractivity contribution is 6.76. The second kappa shape index (κ2) is 8.30. The van der Waals surface area contributed by atoms with Crippen molar-refractivity contribution in [1.82, 2.24) is 4.90 Å². The van der Waals surface area contributed by atoms with Crippen LogP contribution in [0.1, 0.15) is 11.1 Å². The second-order valence-electron chi connectivity index (χ2n) is 7.31. The van der Waals surface area contributed by atoms with E-state index in [0.29, 0.717) is 0 Å². The van der Waals surface area contributed by atoms with E-state index in [1.54, 1.807) is 0 Å². The van der Waals surface area contributed by atoms with Gasteiger partial charge in [-0.2, -0.15) is 0 Å². The van der Waals surface area contributed by atoms with Crippen LogP contribution in [0.15, 0.2) is 60.7 Å². The third kappa shape index (κ3) is 6.59. The van der Waals surface area contributed by atoms with Crippen LogP contribution in [0.25, 0.3) is 0 Å². The van der Waals surface area contributed by atoms with E-state index in [1.165, 1.54) is 30.4 Å². The Balaban J connectivity index is 1.90. The van der Waals surface area contributed by atoms with Crippen molar-refractivity contribution in [1.29, 1.82) is 0 Å². The van der Waals surface area contributed by atoms with Gasteiger partial charge in [0.25, 0.3) is 0 Å². The highest BCUT2D eigenvalue weighted by Gasteiger charge is 2.18. The zero-order chi connectivity index (χ0) is 15.8. The molecular weight excluding hydrogens is 282 g/mol. The SMILES string of the molecule is C[Si](C)(C)CN(CCc1ccccc1)CCc1ccccc1. The van der Waals surface area contributed by atoms with Crippen molar-refractivity contribution in [2.45, 2.75) is 32.5 Å². The Bertz CT molecular complexity index is 487. The molecule has 2 rings (SSSR count). The molecule has 0 amide bonds. The summed E-state index contributed by atoms with van der Waals surface area (Å²) >= 11 is 0. The Hall–Kier alpha value is -1.38. The van der Waals surface area contributed by atoms with Crippen LogP contribution in [0.2, 0.25) is 19.6 Å². The van der Waals surface area contributed by atoms with Crippen molar-refractivity contribution in [3.05, 3.63) is 71.8 Å². The van der Waals surface area contributed by atoms with Crippen molar-refractivity contribution >= 4 is 8.07 Å². The van der Waals surface area contributed by atoms with Gasteiger partial charge in [0.2, 0.25) is 0 Å². The smallest absolute Gasteiger partial charge is 0.0599 e. The molecule has 0 saturated carbocycles. The lowest BCUT2D eigenvalue weighted by Crippen LogP contribution is -2.42. The third-order valence-corrected chi connectivity index (χ3v) is 5.21. The molecule has 0 fully saturated rings. The first-order valence-electron chi connectivity index (χ1n) is 8.33. The average molecular weight is 312 g/mol. The summed E-state index contributed by atoms with van der Waals surface area (Å²) < 4.78 is 0. The van der Waals surface area contributed by atoms with E-state index in [9.17, 15) is 0 Å². The molecule has 2 heteroatoms. The summed E-state index contributed by atoms with van der Waals surface area (Å²) in [6.07, 6.45) is 3.59. The van der Waals surface area contributed by atoms with Gasteiger partial charge in [0.15, 0.2) is 0 Å². The van der Waals surface area contributed by atoms with Crippen LogP contribution >= 0.6 is 0 Å². The van der Waals surface area contributed by atoms with Crippen LogP contribution in [0, 0.1) is 0 Å². The van der Waals surface area contributed by atoms with Crippen LogP contribution in [0.4, 0.5) is 0 Å². The first-order chi connectivity index (χ1) is 10.5. The molecule has 0 aromatic heterocycles. The molecule has 118 valence electrons. The molecule has 0 heterocycles. The van der Waals surface area contributed by atoms with Crippen molar-refractivity contribution in [3.8, 4) is 0 Å². The summed E-state index contributed by atoms with van der Waals surface area (Å²) in [5.41, 5.74) is 2.89. The van der Waals surface area contributed by atoms with Gasteiger partial charge in [-0.15, -0.1) is 0 Å². The molecule has 0 aliphatic carbocycles. The van der Waals surface area contributed by atoms with Crippen LogP contribution in [-0.4, -0.2) is 32.2 Å². The molecule has 0 bridgehead atoms. The van der Waals surface area contributed by atoms with Gasteiger partial charge in [0.1, 0.15) is 0 Å². The number of hydrogen-bond acceptors (Lipinski definition) is 1. The fourth-order valence-corrected chi connectivity index (χ4v) is 4.46. The summed E-state index contributed by atoms with van der Waals surface area (Å²) in [6.45, 7) is 9.73. The highest BCUT2D eigenvalue weighted by atomic mass is 28.3. The Kier molecular flexibility index (Phi) is 6.41. The predicted molar refractivity (Wildman–Crippen MR) is 100 cm³/mol. The molecule has 2 aromatic rings. The molecular formula is C20H29NSi. The number of rotatable bonds is 8. The third-order valence-electron chi connectivity index (χ3n) is 3.82. The van der Waals surface area contributed by atoms with E-state index in [-0.39, 0.29) is 0 Å². The molecule has 0 N–H and O–H groups in total. The van der Waals surface area contributed by atoms with E-state index >= 15 is 0 Å². The summed E-state index contributed by atoms with van der Waals surface area (Å²) in [4.78, 5) is 2.67. The standard InChI is InChI=1S/C20H29NSi/c1-22(2,3)18-21(16-14-19-10-6-4-7-11-19)17-15-20-12-8-5-9-13-20/h4-13H,14-18H2,1-3H3. The minimum atomic E-state index is -1.07. The molecule has 0 saturated heterocycles. The molecule has 0 atom stereocenters. The van der Waals surface area contributed by atoms with Crippen LogP contribution in [0.3, 0.4) is 0 Å². The van der Waals surface area contributed by atoms with Gasteiger partial charge >= 0.3 is 0 Å². The topological polar surface area (TPSA) is 3.24 Å². The number of nitrogens with zero attached hydrogens (tertiary/aromatic N) is 1. The number of benzene rings is 2. The van der Waals surface area contributed by atoms with Gasteiger partial charge in [-0.3, -0.25) is 0 Å². The van der Waals surface area contributed by atoms with Crippen LogP contribution < -0.4 is 0 Å². The summed E-state index contributed by atoms with van der Waals surface area (Å²) in [5.74, 6) is 0. The largest absolute Gasteiger partial charge is 0.305 e. The van der Waals surface area contributed by atoms with Crippen LogP contribution in [0.5, 0.6) is 0 Å². The summed E-state index contributed by atoms with van der Waals surface area (Å²) in [7, 11) is -1.07. The average Bonchev–Trinajstić information content (AvgIpc) is 2.51. The van der Waals surface area contributed by atoms with Crippen molar-refractivity contribution in [2.75, 3.05) is 19.3 Å². The first kappa shape index (κ1) is 17.0. The Morgan fingerprint density at radius 2 is 1.09 bits per heavy atom. The van der Waals surface area contributed by atoms with Gasteiger partial charge in [0, 0.05) is 13.1 Å². The fourth-order valence-electron chi connectivity index (χ4n) is 2.80. The van der Waals surface area contributed by atoms with Crippen molar-refractivity contribution < 1.29 is 0 Å². The molecule has 2 aromatic carbocycles. The van der Waals surface area contributed by atoms with E-state index in [2.05, 4.69) is 85.2 Å². The van der Waals surface area contributed by atoms with E-state index in [0.717, 1.165) is 12.8 Å². The van der Waals surface area contributed by atoms with Crippen LogP contribution in [-0.2, 0) is 12.8 Å². The molecule has 1 nitrogen and oxygen atoms in total. The summed E-state index contributed by atoms with van der Waals surface area (Å²) in [6, 6.07) is 21.7. The minimum absolute atomic E-state index is 1.07. The predicted octanol–water partition coefficient (Wildman–Crippen LogP) is 4.65. The molecule has 0 spiro atoms. The molecule has 0 aliphatic rings. The Morgan fingerprint density at radius 3 is 1.45 bits per heavy atom. The zero-order valence-corrected chi connectivity index (χ0v) is 15.3. The minimum Gasteiger partial charge on any atom is -0.305 e. The van der Waals surface area contributed by atoms with Gasteiger partial charge < -0.3 is 4.90 Å². The normalized spacial score (nSPS) is 11.8. The molecule has 0 radical (unpaired) electrons. The Labute approximate surface area is 137 Å². The molecule has 0 aliphatic heterocycles.